The zero-order valence-corrected chi connectivity index (χ0v) is 9.39. The normalized spacial score (nSPS) is 33.6. The quantitative estimate of drug-likeness (QED) is 0.748. The van der Waals surface area contributed by atoms with Crippen LogP contribution in [0.4, 0.5) is 0 Å². The van der Waals surface area contributed by atoms with Gasteiger partial charge in [-0.05, 0) is 5.92 Å². The van der Waals surface area contributed by atoms with Crippen LogP contribution in [0.1, 0.15) is 13.3 Å². The van der Waals surface area contributed by atoms with Gasteiger partial charge in [0.05, 0.1) is 25.0 Å². The monoisotopic (exact) mass is 227 g/mol. The molecule has 1 aliphatic carbocycles. The number of rotatable bonds is 3. The van der Waals surface area contributed by atoms with Crippen LogP contribution in [-0.2, 0) is 14.3 Å². The lowest BCUT2D eigenvalue weighted by Gasteiger charge is -2.27. The summed E-state index contributed by atoms with van der Waals surface area (Å²) in [6, 6.07) is 0. The van der Waals surface area contributed by atoms with Crippen molar-refractivity contribution in [2.24, 2.45) is 17.8 Å². The summed E-state index contributed by atoms with van der Waals surface area (Å²) in [5.41, 5.74) is 0. The van der Waals surface area contributed by atoms with Gasteiger partial charge >= 0.3 is 5.97 Å². The van der Waals surface area contributed by atoms with Gasteiger partial charge in [-0.1, -0.05) is 13.3 Å². The van der Waals surface area contributed by atoms with Gasteiger partial charge in [0.15, 0.2) is 0 Å². The summed E-state index contributed by atoms with van der Waals surface area (Å²) in [7, 11) is 0. The van der Waals surface area contributed by atoms with Crippen LogP contribution in [0.25, 0.3) is 0 Å². The van der Waals surface area contributed by atoms with Gasteiger partial charge in [-0.3, -0.25) is 9.59 Å². The molecule has 1 N–H and O–H groups in total. The van der Waals surface area contributed by atoms with E-state index in [2.05, 4.69) is 0 Å². The largest absolute Gasteiger partial charge is 0.481 e. The maximum absolute atomic E-state index is 12.1. The van der Waals surface area contributed by atoms with Crippen LogP contribution in [0.15, 0.2) is 0 Å². The van der Waals surface area contributed by atoms with E-state index in [-0.39, 0.29) is 17.7 Å². The van der Waals surface area contributed by atoms with Crippen molar-refractivity contribution >= 4 is 11.9 Å². The van der Waals surface area contributed by atoms with Gasteiger partial charge in [0.25, 0.3) is 0 Å². The zero-order valence-electron chi connectivity index (χ0n) is 9.39. The molecule has 16 heavy (non-hydrogen) atoms. The highest BCUT2D eigenvalue weighted by molar-refractivity contribution is 5.90. The van der Waals surface area contributed by atoms with E-state index in [9.17, 15) is 9.59 Å². The molecule has 3 atom stereocenters. The second-order valence-corrected chi connectivity index (χ2v) is 4.40. The van der Waals surface area contributed by atoms with Crippen LogP contribution in [-0.4, -0.2) is 48.2 Å². The summed E-state index contributed by atoms with van der Waals surface area (Å²) in [4.78, 5) is 24.7. The van der Waals surface area contributed by atoms with Crippen molar-refractivity contribution in [1.82, 2.24) is 4.90 Å². The Morgan fingerprint density at radius 3 is 2.38 bits per heavy atom. The predicted molar refractivity (Wildman–Crippen MR) is 55.8 cm³/mol. The number of nitrogens with zero attached hydrogens (tertiary/aromatic N) is 1. The second-order valence-electron chi connectivity index (χ2n) is 4.40. The molecule has 0 aromatic carbocycles. The molecule has 0 aromatic rings. The minimum Gasteiger partial charge on any atom is -0.481 e. The molecule has 2 rings (SSSR count). The Balaban J connectivity index is 1.97. The van der Waals surface area contributed by atoms with Crippen molar-refractivity contribution < 1.29 is 19.4 Å². The van der Waals surface area contributed by atoms with Crippen molar-refractivity contribution in [1.29, 1.82) is 0 Å². The van der Waals surface area contributed by atoms with E-state index in [0.717, 1.165) is 6.42 Å². The molecule has 5 heteroatoms. The standard InChI is InChI=1S/C11H17NO4/c1-2-7-8(9(7)11(14)15)10(13)12-3-5-16-6-4-12/h7-9H,2-6H2,1H3,(H,14,15). The van der Waals surface area contributed by atoms with Crippen molar-refractivity contribution in [3.63, 3.8) is 0 Å². The lowest BCUT2D eigenvalue weighted by molar-refractivity contribution is -0.143. The summed E-state index contributed by atoms with van der Waals surface area (Å²) >= 11 is 0. The lowest BCUT2D eigenvalue weighted by Crippen LogP contribution is -2.42. The van der Waals surface area contributed by atoms with E-state index >= 15 is 0 Å². The predicted octanol–water partition coefficient (Wildman–Crippen LogP) is 0.202. The average Bonchev–Trinajstić information content (AvgIpc) is 3.03. The summed E-state index contributed by atoms with van der Waals surface area (Å²) in [5.74, 6) is -1.55. The fraction of sp³-hybridized carbons (Fsp3) is 0.818. The molecule has 3 unspecified atom stereocenters. The van der Waals surface area contributed by atoms with Crippen LogP contribution in [0, 0.1) is 17.8 Å². The van der Waals surface area contributed by atoms with Crippen molar-refractivity contribution in [2.75, 3.05) is 26.3 Å². The number of hydrogen-bond acceptors (Lipinski definition) is 3. The molecule has 1 saturated heterocycles. The number of ether oxygens (including phenoxy) is 1. The first kappa shape index (κ1) is 11.4. The van der Waals surface area contributed by atoms with Crippen LogP contribution in [0.5, 0.6) is 0 Å². The lowest BCUT2D eigenvalue weighted by atomic mass is 10.2. The number of carbonyl (C=O) groups excluding carboxylic acids is 1. The third-order valence-electron chi connectivity index (χ3n) is 3.53. The molecule has 1 aliphatic heterocycles. The molecule has 1 heterocycles. The maximum atomic E-state index is 12.1. The zero-order chi connectivity index (χ0) is 11.7. The number of carbonyl (C=O) groups is 2. The summed E-state index contributed by atoms with van der Waals surface area (Å²) < 4.78 is 5.17. The van der Waals surface area contributed by atoms with Crippen LogP contribution < -0.4 is 0 Å². The van der Waals surface area contributed by atoms with Gasteiger partial charge in [-0.25, -0.2) is 0 Å². The summed E-state index contributed by atoms with van der Waals surface area (Å²) in [6.45, 7) is 4.25. The van der Waals surface area contributed by atoms with Crippen molar-refractivity contribution in [3.05, 3.63) is 0 Å². The number of amides is 1. The van der Waals surface area contributed by atoms with E-state index < -0.39 is 11.9 Å². The summed E-state index contributed by atoms with van der Waals surface area (Å²) in [6.07, 6.45) is 0.762. The first-order chi connectivity index (χ1) is 7.66. The van der Waals surface area contributed by atoms with E-state index in [1.54, 1.807) is 4.90 Å². The highest BCUT2D eigenvalue weighted by atomic mass is 16.5. The smallest absolute Gasteiger partial charge is 0.307 e. The van der Waals surface area contributed by atoms with Gasteiger partial charge in [0.2, 0.25) is 5.91 Å². The molecule has 0 bridgehead atoms. The van der Waals surface area contributed by atoms with E-state index in [1.807, 2.05) is 6.92 Å². The molecule has 2 aliphatic rings. The summed E-state index contributed by atoms with van der Waals surface area (Å²) in [5, 5.41) is 8.98. The van der Waals surface area contributed by atoms with Gasteiger partial charge < -0.3 is 14.7 Å². The van der Waals surface area contributed by atoms with Crippen LogP contribution in [0.3, 0.4) is 0 Å². The Hall–Kier alpha value is -1.10. The minimum absolute atomic E-state index is 0.00236. The Morgan fingerprint density at radius 1 is 1.31 bits per heavy atom. The van der Waals surface area contributed by atoms with E-state index in [0.29, 0.717) is 26.3 Å². The molecule has 0 radical (unpaired) electrons. The Labute approximate surface area is 94.4 Å². The van der Waals surface area contributed by atoms with E-state index in [4.69, 9.17) is 9.84 Å². The number of hydrogen-bond donors (Lipinski definition) is 1. The highest BCUT2D eigenvalue weighted by Crippen LogP contribution is 2.49. The Kier molecular flexibility index (Phi) is 3.14. The molecule has 2 fully saturated rings. The number of carboxylic acid groups (broad SMARTS) is 1. The third-order valence-corrected chi connectivity index (χ3v) is 3.53. The number of aliphatic carboxylic acids is 1. The third kappa shape index (κ3) is 1.91. The fourth-order valence-electron chi connectivity index (χ4n) is 2.55. The molecule has 0 aromatic heterocycles. The number of carboxylic acids is 1. The molecule has 1 amide bonds. The number of morpholine rings is 1. The molecule has 0 spiro atoms. The highest BCUT2D eigenvalue weighted by Gasteiger charge is 2.58. The topological polar surface area (TPSA) is 66.8 Å². The molecular formula is C11H17NO4. The van der Waals surface area contributed by atoms with Gasteiger partial charge in [0.1, 0.15) is 0 Å². The molecule has 90 valence electrons. The van der Waals surface area contributed by atoms with Crippen LogP contribution in [0.2, 0.25) is 0 Å². The average molecular weight is 227 g/mol. The maximum Gasteiger partial charge on any atom is 0.307 e. The SMILES string of the molecule is CCC1C(C(=O)O)C1C(=O)N1CCOCC1. The van der Waals surface area contributed by atoms with Gasteiger partial charge in [0, 0.05) is 13.1 Å². The van der Waals surface area contributed by atoms with Crippen molar-refractivity contribution in [2.45, 2.75) is 13.3 Å². The van der Waals surface area contributed by atoms with Gasteiger partial charge in [-0.2, -0.15) is 0 Å². The first-order valence-corrected chi connectivity index (χ1v) is 5.76. The molecular weight excluding hydrogens is 210 g/mol. The Bertz CT molecular complexity index is 298. The minimum atomic E-state index is -0.835. The van der Waals surface area contributed by atoms with E-state index in [1.165, 1.54) is 0 Å². The first-order valence-electron chi connectivity index (χ1n) is 5.76. The molecule has 5 nitrogen and oxygen atoms in total. The Morgan fingerprint density at radius 2 is 1.94 bits per heavy atom. The second kappa shape index (κ2) is 4.41. The van der Waals surface area contributed by atoms with Crippen LogP contribution >= 0.6 is 0 Å². The molecule has 1 saturated carbocycles. The van der Waals surface area contributed by atoms with Gasteiger partial charge in [-0.15, -0.1) is 0 Å². The fourth-order valence-corrected chi connectivity index (χ4v) is 2.55. The van der Waals surface area contributed by atoms with Crippen molar-refractivity contribution in [3.8, 4) is 0 Å².